The summed E-state index contributed by atoms with van der Waals surface area (Å²) in [4.78, 5) is 1.80. The molecule has 1 spiro atoms. The molecular formula is C43H29NO4. The molecule has 48 heavy (non-hydrogen) atoms. The summed E-state index contributed by atoms with van der Waals surface area (Å²) in [6, 6.07) is 51.2. The van der Waals surface area contributed by atoms with E-state index in [0.29, 0.717) is 11.4 Å². The third-order valence-corrected chi connectivity index (χ3v) is 9.92. The van der Waals surface area contributed by atoms with Crippen LogP contribution in [0.15, 0.2) is 152 Å². The van der Waals surface area contributed by atoms with Crippen LogP contribution in [-0.4, -0.2) is 20.4 Å². The molecule has 0 amide bonds. The Bertz CT molecular complexity index is 2340. The van der Waals surface area contributed by atoms with E-state index < -0.39 is 28.4 Å². The number of nitrogens with zero attached hydrogens (tertiary/aromatic N) is 1. The van der Waals surface area contributed by atoms with E-state index in [0.717, 1.165) is 27.8 Å². The molecule has 7 aromatic rings. The molecule has 230 valence electrons. The number of phenols is 4. The van der Waals surface area contributed by atoms with Crippen LogP contribution in [0.3, 0.4) is 0 Å². The number of aromatic hydroxyl groups is 4. The molecule has 0 saturated carbocycles. The van der Waals surface area contributed by atoms with Crippen molar-refractivity contribution in [3.8, 4) is 56.4 Å². The lowest BCUT2D eigenvalue weighted by Crippen LogP contribution is -2.26. The molecule has 0 aliphatic heterocycles. The zero-order valence-electron chi connectivity index (χ0n) is 25.7. The average Bonchev–Trinajstić information content (AvgIpc) is 3.61. The molecule has 0 atom stereocenters. The number of phenolic OH excluding ortho intramolecular Hbond substituents is 4. The van der Waals surface area contributed by atoms with Gasteiger partial charge in [0.15, 0.2) is 11.5 Å². The molecule has 4 N–H and O–H groups in total. The first-order chi connectivity index (χ1) is 23.5. The highest BCUT2D eigenvalue weighted by atomic mass is 16.3. The minimum Gasteiger partial charge on any atom is -0.504 e. The molecule has 0 saturated heterocycles. The van der Waals surface area contributed by atoms with Gasteiger partial charge in [0.1, 0.15) is 0 Å². The van der Waals surface area contributed by atoms with Gasteiger partial charge in [0.05, 0.1) is 11.1 Å². The number of anilines is 3. The molecule has 0 aromatic heterocycles. The van der Waals surface area contributed by atoms with Crippen molar-refractivity contribution >= 4 is 17.1 Å². The molecular weight excluding hydrogens is 594 g/mol. The minimum atomic E-state index is -0.792. The standard InChI is InChI=1S/C43H29NO4/c45-39-25-38(40(46)42(48)41(39)47)44(28-20-18-27(19-21-28)26-10-2-1-3-11-26)29-22-23-33-32-14-6-9-17-36(32)43(37(33)24-29)34-15-7-4-12-30(34)31-13-5-8-16-35(31)43/h1-25,45-48H. The first-order valence-electron chi connectivity index (χ1n) is 15.8. The van der Waals surface area contributed by atoms with Gasteiger partial charge in [-0.2, -0.15) is 0 Å². The highest BCUT2D eigenvalue weighted by Gasteiger charge is 2.51. The monoisotopic (exact) mass is 623 g/mol. The number of hydrogen-bond acceptors (Lipinski definition) is 5. The van der Waals surface area contributed by atoms with Crippen LogP contribution in [0.25, 0.3) is 33.4 Å². The van der Waals surface area contributed by atoms with Crippen LogP contribution < -0.4 is 4.90 Å². The summed E-state index contributed by atoms with van der Waals surface area (Å²) >= 11 is 0. The number of rotatable bonds is 4. The average molecular weight is 624 g/mol. The van der Waals surface area contributed by atoms with Crippen molar-refractivity contribution in [2.75, 3.05) is 4.90 Å². The van der Waals surface area contributed by atoms with E-state index in [1.54, 1.807) is 4.90 Å². The summed E-state index contributed by atoms with van der Waals surface area (Å²) in [5, 5.41) is 42.9. The Hall–Kier alpha value is -6.46. The lowest BCUT2D eigenvalue weighted by molar-refractivity contribution is 0.346. The normalized spacial score (nSPS) is 13.1. The van der Waals surface area contributed by atoms with Crippen molar-refractivity contribution in [2.45, 2.75) is 5.41 Å². The molecule has 7 aromatic carbocycles. The van der Waals surface area contributed by atoms with Crippen LogP contribution in [0, 0.1) is 0 Å². The Balaban J connectivity index is 1.31. The fourth-order valence-electron chi connectivity index (χ4n) is 7.87. The van der Waals surface area contributed by atoms with Crippen molar-refractivity contribution in [2.24, 2.45) is 0 Å². The maximum atomic E-state index is 11.3. The van der Waals surface area contributed by atoms with Crippen LogP contribution in [0.4, 0.5) is 17.1 Å². The lowest BCUT2D eigenvalue weighted by Gasteiger charge is -2.32. The van der Waals surface area contributed by atoms with Gasteiger partial charge in [0, 0.05) is 17.4 Å². The molecule has 2 aliphatic rings. The van der Waals surface area contributed by atoms with E-state index in [-0.39, 0.29) is 5.69 Å². The van der Waals surface area contributed by atoms with E-state index >= 15 is 0 Å². The lowest BCUT2D eigenvalue weighted by atomic mass is 9.70. The van der Waals surface area contributed by atoms with E-state index in [4.69, 9.17) is 0 Å². The van der Waals surface area contributed by atoms with Crippen LogP contribution >= 0.6 is 0 Å². The third-order valence-electron chi connectivity index (χ3n) is 9.92. The summed E-state index contributed by atoms with van der Waals surface area (Å²) in [5.74, 6) is -2.67. The topological polar surface area (TPSA) is 84.2 Å². The van der Waals surface area contributed by atoms with Gasteiger partial charge < -0.3 is 25.3 Å². The van der Waals surface area contributed by atoms with Crippen molar-refractivity contribution in [1.29, 1.82) is 0 Å². The quantitative estimate of drug-likeness (QED) is 0.116. The van der Waals surface area contributed by atoms with E-state index in [1.807, 2.05) is 60.7 Å². The maximum Gasteiger partial charge on any atom is 0.206 e. The molecule has 0 radical (unpaired) electrons. The second-order valence-corrected chi connectivity index (χ2v) is 12.3. The van der Waals surface area contributed by atoms with E-state index in [2.05, 4.69) is 84.9 Å². The molecule has 2 aliphatic carbocycles. The van der Waals surface area contributed by atoms with E-state index in [9.17, 15) is 20.4 Å². The Morgan fingerprint density at radius 3 is 1.44 bits per heavy atom. The molecule has 5 nitrogen and oxygen atoms in total. The van der Waals surface area contributed by atoms with Crippen LogP contribution in [0.2, 0.25) is 0 Å². The van der Waals surface area contributed by atoms with Gasteiger partial charge in [-0.3, -0.25) is 0 Å². The number of fused-ring (bicyclic) bond motifs is 10. The fraction of sp³-hybridized carbons (Fsp3) is 0.0233. The van der Waals surface area contributed by atoms with Gasteiger partial charge in [-0.15, -0.1) is 0 Å². The molecule has 0 bridgehead atoms. The van der Waals surface area contributed by atoms with Crippen molar-refractivity contribution < 1.29 is 20.4 Å². The second-order valence-electron chi connectivity index (χ2n) is 12.3. The van der Waals surface area contributed by atoms with Crippen LogP contribution in [0.5, 0.6) is 23.0 Å². The van der Waals surface area contributed by atoms with Gasteiger partial charge in [-0.05, 0) is 79.9 Å². The SMILES string of the molecule is Oc1cc(N(c2ccc(-c3ccccc3)cc2)c2ccc3c(c2)C2(c4ccccc4-c4ccccc42)c2ccccc2-3)c(O)c(O)c1O. The summed E-state index contributed by atoms with van der Waals surface area (Å²) in [6.07, 6.45) is 0. The van der Waals surface area contributed by atoms with Gasteiger partial charge in [-0.25, -0.2) is 0 Å². The summed E-state index contributed by atoms with van der Waals surface area (Å²) < 4.78 is 0. The highest BCUT2D eigenvalue weighted by molar-refractivity contribution is 5.96. The van der Waals surface area contributed by atoms with Gasteiger partial charge in [0.2, 0.25) is 11.5 Å². The smallest absolute Gasteiger partial charge is 0.206 e. The maximum absolute atomic E-state index is 11.3. The number of benzene rings is 7. The second kappa shape index (κ2) is 10.3. The third kappa shape index (κ3) is 3.73. The van der Waals surface area contributed by atoms with Crippen molar-refractivity contribution in [1.82, 2.24) is 0 Å². The molecule has 0 unspecified atom stereocenters. The van der Waals surface area contributed by atoms with Crippen LogP contribution in [-0.2, 0) is 5.41 Å². The molecule has 0 fully saturated rings. The fourth-order valence-corrected chi connectivity index (χ4v) is 7.87. The van der Waals surface area contributed by atoms with Gasteiger partial charge in [0.25, 0.3) is 0 Å². The number of hydrogen-bond donors (Lipinski definition) is 4. The van der Waals surface area contributed by atoms with Crippen molar-refractivity contribution in [3.05, 3.63) is 174 Å². The predicted molar refractivity (Wildman–Crippen MR) is 190 cm³/mol. The van der Waals surface area contributed by atoms with Crippen molar-refractivity contribution in [3.63, 3.8) is 0 Å². The zero-order valence-corrected chi connectivity index (χ0v) is 25.7. The first-order valence-corrected chi connectivity index (χ1v) is 15.8. The minimum absolute atomic E-state index is 0.118. The zero-order chi connectivity index (χ0) is 32.6. The summed E-state index contributed by atoms with van der Waals surface area (Å²) in [7, 11) is 0. The Labute approximate surface area is 277 Å². The van der Waals surface area contributed by atoms with Gasteiger partial charge >= 0.3 is 0 Å². The molecule has 0 heterocycles. The van der Waals surface area contributed by atoms with Crippen LogP contribution in [0.1, 0.15) is 22.3 Å². The van der Waals surface area contributed by atoms with E-state index in [1.165, 1.54) is 33.9 Å². The largest absolute Gasteiger partial charge is 0.504 e. The predicted octanol–water partition coefficient (Wildman–Crippen LogP) is 9.99. The Kier molecular flexibility index (Phi) is 5.95. The first kappa shape index (κ1) is 27.8. The summed E-state index contributed by atoms with van der Waals surface area (Å²) in [6.45, 7) is 0. The summed E-state index contributed by atoms with van der Waals surface area (Å²) in [5.41, 5.74) is 12.4. The molecule has 9 rings (SSSR count). The molecule has 5 heteroatoms. The Morgan fingerprint density at radius 2 is 0.854 bits per heavy atom. The highest BCUT2D eigenvalue weighted by Crippen LogP contribution is 2.63. The van der Waals surface area contributed by atoms with Gasteiger partial charge in [-0.1, -0.05) is 121 Å². The Morgan fingerprint density at radius 1 is 0.375 bits per heavy atom.